The van der Waals surface area contributed by atoms with Crippen molar-refractivity contribution in [2.75, 3.05) is 25.0 Å². The van der Waals surface area contributed by atoms with Crippen LogP contribution in [0.4, 0.5) is 10.5 Å². The average Bonchev–Trinajstić information content (AvgIpc) is 3.34. The fraction of sp³-hybridized carbons (Fsp3) is 0.280. The Morgan fingerprint density at radius 2 is 1.94 bits per heavy atom. The number of benzene rings is 2. The van der Waals surface area contributed by atoms with Crippen LogP contribution in [0.1, 0.15) is 40.4 Å². The Hall–Kier alpha value is -3.25. The minimum atomic E-state index is -0.121. The molecule has 7 heteroatoms. The summed E-state index contributed by atoms with van der Waals surface area (Å²) in [5.74, 6) is 0.931. The molecule has 1 aliphatic heterocycles. The number of urea groups is 1. The molecule has 1 fully saturated rings. The normalized spacial score (nSPS) is 15.9. The van der Waals surface area contributed by atoms with E-state index in [1.807, 2.05) is 41.3 Å². The van der Waals surface area contributed by atoms with Gasteiger partial charge in [-0.1, -0.05) is 23.7 Å². The van der Waals surface area contributed by atoms with E-state index in [-0.39, 0.29) is 17.9 Å². The Balaban J connectivity index is 1.35. The maximum Gasteiger partial charge on any atom is 0.321 e. The van der Waals surface area contributed by atoms with Gasteiger partial charge in [0.1, 0.15) is 5.76 Å². The number of carbonyl (C=O) groups is 2. The third-order valence-corrected chi connectivity index (χ3v) is 5.91. The van der Waals surface area contributed by atoms with E-state index in [0.29, 0.717) is 36.6 Å². The van der Waals surface area contributed by atoms with Crippen molar-refractivity contribution in [3.63, 3.8) is 0 Å². The number of nitrogens with zero attached hydrogens (tertiary/aromatic N) is 1. The second kappa shape index (κ2) is 10.4. The molecule has 4 rings (SSSR count). The first-order valence-corrected chi connectivity index (χ1v) is 11.2. The number of anilines is 1. The summed E-state index contributed by atoms with van der Waals surface area (Å²) in [7, 11) is 0. The van der Waals surface area contributed by atoms with Gasteiger partial charge in [0.05, 0.1) is 6.26 Å². The summed E-state index contributed by atoms with van der Waals surface area (Å²) in [6.45, 7) is 1.84. The molecule has 166 valence electrons. The monoisotopic (exact) mass is 451 g/mol. The number of hydrogen-bond donors (Lipinski definition) is 2. The van der Waals surface area contributed by atoms with E-state index >= 15 is 0 Å². The van der Waals surface area contributed by atoms with Gasteiger partial charge in [0.2, 0.25) is 0 Å². The number of furan rings is 1. The molecule has 1 aromatic heterocycles. The molecule has 0 bridgehead atoms. The van der Waals surface area contributed by atoms with Gasteiger partial charge in [-0.2, -0.15) is 0 Å². The lowest BCUT2D eigenvalue weighted by molar-refractivity contribution is 0.0953. The Kier molecular flexibility index (Phi) is 7.12. The lowest BCUT2D eigenvalue weighted by atomic mass is 9.89. The zero-order valence-electron chi connectivity index (χ0n) is 17.7. The van der Waals surface area contributed by atoms with Crippen LogP contribution in [0.25, 0.3) is 0 Å². The number of carbonyl (C=O) groups excluding carboxylic acids is 2. The van der Waals surface area contributed by atoms with Crippen LogP contribution in [0.3, 0.4) is 0 Å². The van der Waals surface area contributed by atoms with Crippen LogP contribution in [0, 0.1) is 0 Å². The molecule has 0 unspecified atom stereocenters. The highest BCUT2D eigenvalue weighted by molar-refractivity contribution is 6.30. The largest absolute Gasteiger partial charge is 0.469 e. The van der Waals surface area contributed by atoms with Crippen molar-refractivity contribution in [3.8, 4) is 0 Å². The molecule has 1 saturated heterocycles. The number of nitrogens with one attached hydrogen (secondary N) is 2. The molecular formula is C25H26ClN3O3. The average molecular weight is 452 g/mol. The number of halogens is 1. The van der Waals surface area contributed by atoms with Gasteiger partial charge in [0, 0.05) is 48.2 Å². The van der Waals surface area contributed by atoms with E-state index in [2.05, 4.69) is 10.6 Å². The molecule has 0 radical (unpaired) electrons. The van der Waals surface area contributed by atoms with Crippen LogP contribution < -0.4 is 10.6 Å². The predicted octanol–water partition coefficient (Wildman–Crippen LogP) is 5.32. The number of piperidine rings is 1. The third-order valence-electron chi connectivity index (χ3n) is 5.66. The number of hydrogen-bond acceptors (Lipinski definition) is 3. The molecule has 3 amide bonds. The minimum absolute atomic E-state index is 0.105. The van der Waals surface area contributed by atoms with Crippen molar-refractivity contribution in [3.05, 3.63) is 88.8 Å². The van der Waals surface area contributed by atoms with Crippen LogP contribution in [0.15, 0.2) is 71.3 Å². The quantitative estimate of drug-likeness (QED) is 0.532. The Morgan fingerprint density at radius 3 is 2.72 bits per heavy atom. The summed E-state index contributed by atoms with van der Waals surface area (Å²) in [6.07, 6.45) is 4.18. The SMILES string of the molecule is O=C(NCCc1ccco1)c1cccc([C@H]2CCCN(C(=O)Nc3ccc(Cl)cc3)C2)c1. The van der Waals surface area contributed by atoms with Crippen molar-refractivity contribution in [1.82, 2.24) is 10.2 Å². The molecule has 1 aliphatic rings. The first kappa shape index (κ1) is 22.0. The van der Waals surface area contributed by atoms with E-state index in [0.717, 1.165) is 29.9 Å². The Morgan fingerprint density at radius 1 is 1.09 bits per heavy atom. The summed E-state index contributed by atoms with van der Waals surface area (Å²) >= 11 is 5.91. The molecule has 3 aromatic rings. The summed E-state index contributed by atoms with van der Waals surface area (Å²) in [5, 5.41) is 6.50. The van der Waals surface area contributed by atoms with Gasteiger partial charge in [0.25, 0.3) is 5.91 Å². The van der Waals surface area contributed by atoms with Gasteiger partial charge < -0.3 is 20.0 Å². The number of likely N-dealkylation sites (tertiary alicyclic amines) is 1. The van der Waals surface area contributed by atoms with Gasteiger partial charge in [-0.3, -0.25) is 4.79 Å². The summed E-state index contributed by atoms with van der Waals surface area (Å²) in [4.78, 5) is 27.1. The topological polar surface area (TPSA) is 74.6 Å². The van der Waals surface area contributed by atoms with Gasteiger partial charge in [-0.05, 0) is 66.9 Å². The summed E-state index contributed by atoms with van der Waals surface area (Å²) < 4.78 is 5.30. The molecule has 1 atom stereocenters. The lowest BCUT2D eigenvalue weighted by Crippen LogP contribution is -2.41. The first-order valence-electron chi connectivity index (χ1n) is 10.8. The number of rotatable bonds is 6. The van der Waals surface area contributed by atoms with Crippen LogP contribution in [0.5, 0.6) is 0 Å². The molecule has 0 saturated carbocycles. The molecular weight excluding hydrogens is 426 g/mol. The summed E-state index contributed by atoms with van der Waals surface area (Å²) in [6, 6.07) is 18.4. The highest BCUT2D eigenvalue weighted by Crippen LogP contribution is 2.28. The van der Waals surface area contributed by atoms with Crippen LogP contribution in [-0.4, -0.2) is 36.5 Å². The lowest BCUT2D eigenvalue weighted by Gasteiger charge is -2.33. The summed E-state index contributed by atoms with van der Waals surface area (Å²) in [5.41, 5.74) is 2.42. The molecule has 0 spiro atoms. The van der Waals surface area contributed by atoms with Gasteiger partial charge in [-0.25, -0.2) is 4.79 Å². The van der Waals surface area contributed by atoms with Crippen molar-refractivity contribution < 1.29 is 14.0 Å². The van der Waals surface area contributed by atoms with Gasteiger partial charge in [0.15, 0.2) is 0 Å². The Bertz CT molecular complexity index is 1050. The van der Waals surface area contributed by atoms with Crippen molar-refractivity contribution >= 4 is 29.2 Å². The molecule has 0 aliphatic carbocycles. The first-order chi connectivity index (χ1) is 15.6. The standard InChI is InChI=1S/C25H26ClN3O3/c26-21-8-10-22(11-9-21)28-25(31)29-14-2-6-20(17-29)18-4-1-5-19(16-18)24(30)27-13-12-23-7-3-15-32-23/h1,3-5,7-11,15-16,20H,2,6,12-14,17H2,(H,27,30)(H,28,31)/t20-/m0/s1. The van der Waals surface area contributed by atoms with E-state index in [1.54, 1.807) is 30.5 Å². The molecule has 2 N–H and O–H groups in total. The van der Waals surface area contributed by atoms with Crippen LogP contribution in [0.2, 0.25) is 5.02 Å². The van der Waals surface area contributed by atoms with Gasteiger partial charge in [-0.15, -0.1) is 0 Å². The minimum Gasteiger partial charge on any atom is -0.469 e. The molecule has 2 aromatic carbocycles. The van der Waals surface area contributed by atoms with Crippen molar-refractivity contribution in [1.29, 1.82) is 0 Å². The fourth-order valence-electron chi connectivity index (χ4n) is 3.96. The van der Waals surface area contributed by atoms with E-state index < -0.39 is 0 Å². The second-order valence-corrected chi connectivity index (χ2v) is 8.37. The van der Waals surface area contributed by atoms with Gasteiger partial charge >= 0.3 is 6.03 Å². The zero-order chi connectivity index (χ0) is 22.3. The molecule has 2 heterocycles. The molecule has 6 nitrogen and oxygen atoms in total. The second-order valence-electron chi connectivity index (χ2n) is 7.93. The molecule has 32 heavy (non-hydrogen) atoms. The van der Waals surface area contributed by atoms with Crippen molar-refractivity contribution in [2.45, 2.75) is 25.2 Å². The van der Waals surface area contributed by atoms with Crippen LogP contribution in [-0.2, 0) is 6.42 Å². The van der Waals surface area contributed by atoms with E-state index in [9.17, 15) is 9.59 Å². The van der Waals surface area contributed by atoms with Crippen molar-refractivity contribution in [2.24, 2.45) is 0 Å². The third kappa shape index (κ3) is 5.71. The predicted molar refractivity (Wildman–Crippen MR) is 125 cm³/mol. The fourth-order valence-corrected chi connectivity index (χ4v) is 4.09. The maximum absolute atomic E-state index is 12.7. The Labute approximate surface area is 192 Å². The van der Waals surface area contributed by atoms with E-state index in [1.165, 1.54) is 0 Å². The van der Waals surface area contributed by atoms with Crippen LogP contribution >= 0.6 is 11.6 Å². The zero-order valence-corrected chi connectivity index (χ0v) is 18.5. The smallest absolute Gasteiger partial charge is 0.321 e. The number of amides is 3. The van der Waals surface area contributed by atoms with E-state index in [4.69, 9.17) is 16.0 Å². The maximum atomic E-state index is 12.7. The highest BCUT2D eigenvalue weighted by Gasteiger charge is 2.25. The highest BCUT2D eigenvalue weighted by atomic mass is 35.5.